The van der Waals surface area contributed by atoms with Crippen molar-refractivity contribution >= 4 is 23.1 Å². The first-order valence-corrected chi connectivity index (χ1v) is 17.7. The fourth-order valence-electron chi connectivity index (χ4n) is 7.68. The highest BCUT2D eigenvalue weighted by Gasteiger charge is 2.31. The molecule has 2 aliphatic carbocycles. The van der Waals surface area contributed by atoms with Gasteiger partial charge in [0.1, 0.15) is 0 Å². The minimum atomic E-state index is -3.23. The van der Waals surface area contributed by atoms with Crippen LogP contribution >= 0.6 is 7.14 Å². The monoisotopic (exact) mass is 606 g/mol. The average molecular weight is 607 g/mol. The highest BCUT2D eigenvalue weighted by molar-refractivity contribution is 7.85. The molecule has 9 rings (SSSR count). The van der Waals surface area contributed by atoms with Crippen molar-refractivity contribution in [3.63, 3.8) is 0 Å². The molecule has 7 aromatic rings. The number of rotatable bonds is 5. The second-order valence-electron chi connectivity index (χ2n) is 12.4. The molecular weight excluding hydrogens is 575 g/mol. The largest absolute Gasteiger partial charge is 0.309 e. The van der Waals surface area contributed by atoms with E-state index in [1.165, 1.54) is 55.6 Å². The van der Waals surface area contributed by atoms with Crippen LogP contribution in [-0.2, 0) is 17.4 Å². The van der Waals surface area contributed by atoms with Gasteiger partial charge in [0.15, 0.2) is 7.14 Å². The van der Waals surface area contributed by atoms with Crippen molar-refractivity contribution in [1.82, 2.24) is 0 Å². The number of benzene rings is 7. The van der Waals surface area contributed by atoms with E-state index in [-0.39, 0.29) is 0 Å². The van der Waals surface area contributed by atoms with Crippen LogP contribution in [0.2, 0.25) is 0 Å². The van der Waals surface area contributed by atoms with E-state index in [9.17, 15) is 0 Å². The molecule has 0 bridgehead atoms. The lowest BCUT2D eigenvalue weighted by atomic mass is 9.96. The van der Waals surface area contributed by atoms with Crippen molar-refractivity contribution in [2.24, 2.45) is 0 Å². The maximum absolute atomic E-state index is 15.8. The number of fused-ring (bicyclic) bond motifs is 6. The van der Waals surface area contributed by atoms with Crippen LogP contribution in [0.5, 0.6) is 0 Å². The SMILES string of the molecule is O=P(c1ccccc1)(c1cccc(-c2cccc3c2Cc2ccccc2-3)c1)c1cccc(-c2cccc3c2Cc2ccccc2-3)c1. The maximum atomic E-state index is 15.8. The number of hydrogen-bond acceptors (Lipinski definition) is 1. The van der Waals surface area contributed by atoms with E-state index in [0.717, 1.165) is 39.9 Å². The summed E-state index contributed by atoms with van der Waals surface area (Å²) in [7, 11) is -3.23. The first-order chi connectivity index (χ1) is 22.7. The molecule has 2 heteroatoms. The predicted molar refractivity (Wildman–Crippen MR) is 193 cm³/mol. The van der Waals surface area contributed by atoms with E-state index < -0.39 is 7.14 Å². The standard InChI is InChI=1S/C44H31OP/c45-46(34-16-2-1-3-17-34,35-18-8-14-30(26-35)39-22-10-24-41-37-20-6-4-12-32(37)28-43(39)41)36-19-9-15-31(27-36)40-23-11-25-42-38-21-7-5-13-33(38)29-44(40)42/h1-27H,28-29H2. The van der Waals surface area contributed by atoms with Crippen LogP contribution in [0.15, 0.2) is 164 Å². The van der Waals surface area contributed by atoms with Crippen molar-refractivity contribution in [1.29, 1.82) is 0 Å². The summed E-state index contributed by atoms with van der Waals surface area (Å²) < 4.78 is 15.8. The summed E-state index contributed by atoms with van der Waals surface area (Å²) in [6.45, 7) is 0. The molecule has 1 nitrogen and oxygen atoms in total. The third-order valence-corrected chi connectivity index (χ3v) is 12.9. The van der Waals surface area contributed by atoms with E-state index in [2.05, 4.69) is 133 Å². The zero-order valence-electron chi connectivity index (χ0n) is 25.4. The van der Waals surface area contributed by atoms with E-state index in [1.807, 2.05) is 30.3 Å². The van der Waals surface area contributed by atoms with Crippen LogP contribution < -0.4 is 15.9 Å². The molecule has 0 saturated carbocycles. The lowest BCUT2D eigenvalue weighted by Crippen LogP contribution is -2.25. The normalized spacial score (nSPS) is 12.7. The molecule has 46 heavy (non-hydrogen) atoms. The second kappa shape index (κ2) is 10.7. The van der Waals surface area contributed by atoms with Gasteiger partial charge in [-0.2, -0.15) is 0 Å². The Balaban J connectivity index is 1.19. The van der Waals surface area contributed by atoms with Gasteiger partial charge < -0.3 is 4.57 Å². The lowest BCUT2D eigenvalue weighted by Gasteiger charge is -2.22. The molecule has 0 amide bonds. The zero-order chi connectivity index (χ0) is 30.7. The molecule has 0 heterocycles. The Hall–Kier alpha value is -5.23. The third kappa shape index (κ3) is 4.20. The van der Waals surface area contributed by atoms with Gasteiger partial charge in [-0.3, -0.25) is 0 Å². The molecule has 0 unspecified atom stereocenters. The van der Waals surface area contributed by atoms with Crippen LogP contribution in [0.1, 0.15) is 22.3 Å². The molecule has 7 aromatic carbocycles. The third-order valence-electron chi connectivity index (χ3n) is 9.86. The van der Waals surface area contributed by atoms with E-state index >= 15 is 4.57 Å². The Labute approximate surface area is 270 Å². The van der Waals surface area contributed by atoms with E-state index in [1.54, 1.807) is 0 Å². The van der Waals surface area contributed by atoms with Crippen LogP contribution in [-0.4, -0.2) is 0 Å². The quantitative estimate of drug-likeness (QED) is 0.178. The fourth-order valence-corrected chi connectivity index (χ4v) is 10.4. The van der Waals surface area contributed by atoms with Crippen molar-refractivity contribution in [2.45, 2.75) is 12.8 Å². The summed E-state index contributed by atoms with van der Waals surface area (Å²) in [6.07, 6.45) is 1.82. The molecule has 0 atom stereocenters. The van der Waals surface area contributed by atoms with Crippen LogP contribution in [0, 0.1) is 0 Å². The summed E-state index contributed by atoms with van der Waals surface area (Å²) in [5.41, 5.74) is 15.3. The topological polar surface area (TPSA) is 17.1 Å². The molecule has 0 aliphatic heterocycles. The molecule has 0 N–H and O–H groups in total. The Kier molecular flexibility index (Phi) is 6.30. The van der Waals surface area contributed by atoms with Crippen molar-refractivity contribution in [2.75, 3.05) is 0 Å². The van der Waals surface area contributed by atoms with Crippen molar-refractivity contribution in [3.05, 3.63) is 186 Å². The Morgan fingerprint density at radius 2 is 0.739 bits per heavy atom. The Bertz CT molecular complexity index is 2210. The predicted octanol–water partition coefficient (Wildman–Crippen LogP) is 9.80. The highest BCUT2D eigenvalue weighted by Crippen LogP contribution is 2.47. The molecular formula is C44H31OP. The summed E-state index contributed by atoms with van der Waals surface area (Å²) in [5.74, 6) is 0. The fraction of sp³-hybridized carbons (Fsp3) is 0.0455. The van der Waals surface area contributed by atoms with Gasteiger partial charge in [0.2, 0.25) is 0 Å². The van der Waals surface area contributed by atoms with Crippen LogP contribution in [0.25, 0.3) is 44.5 Å². The molecule has 218 valence electrons. The lowest BCUT2D eigenvalue weighted by molar-refractivity contribution is 0.592. The van der Waals surface area contributed by atoms with Gasteiger partial charge in [-0.05, 0) is 91.7 Å². The molecule has 0 aromatic heterocycles. The summed E-state index contributed by atoms with van der Waals surface area (Å²) in [4.78, 5) is 0. The zero-order valence-corrected chi connectivity index (χ0v) is 26.3. The minimum absolute atomic E-state index is 0.848. The Morgan fingerprint density at radius 3 is 1.26 bits per heavy atom. The average Bonchev–Trinajstić information content (AvgIpc) is 3.70. The number of hydrogen-bond donors (Lipinski definition) is 0. The molecule has 0 fully saturated rings. The molecule has 2 aliphatic rings. The molecule has 0 spiro atoms. The smallest absolute Gasteiger partial charge is 0.171 e. The minimum Gasteiger partial charge on any atom is -0.309 e. The van der Waals surface area contributed by atoms with E-state index in [4.69, 9.17) is 0 Å². The van der Waals surface area contributed by atoms with Gasteiger partial charge >= 0.3 is 0 Å². The van der Waals surface area contributed by atoms with Gasteiger partial charge in [-0.25, -0.2) is 0 Å². The van der Waals surface area contributed by atoms with Gasteiger partial charge in [-0.15, -0.1) is 0 Å². The van der Waals surface area contributed by atoms with Gasteiger partial charge in [0.25, 0.3) is 0 Å². The molecule has 0 radical (unpaired) electrons. The summed E-state index contributed by atoms with van der Waals surface area (Å²) in [6, 6.07) is 57.6. The first-order valence-electron chi connectivity index (χ1n) is 16.0. The summed E-state index contributed by atoms with van der Waals surface area (Å²) in [5, 5.41) is 2.56. The second-order valence-corrected chi connectivity index (χ2v) is 15.1. The Morgan fingerprint density at radius 1 is 0.348 bits per heavy atom. The molecule has 0 saturated heterocycles. The van der Waals surface area contributed by atoms with Gasteiger partial charge in [0, 0.05) is 15.9 Å². The highest BCUT2D eigenvalue weighted by atomic mass is 31.2. The first kappa shape index (κ1) is 27.1. The van der Waals surface area contributed by atoms with Crippen LogP contribution in [0.3, 0.4) is 0 Å². The van der Waals surface area contributed by atoms with Crippen molar-refractivity contribution < 1.29 is 4.57 Å². The van der Waals surface area contributed by atoms with Crippen LogP contribution in [0.4, 0.5) is 0 Å². The van der Waals surface area contributed by atoms with Gasteiger partial charge in [0.05, 0.1) is 0 Å². The van der Waals surface area contributed by atoms with Gasteiger partial charge in [-0.1, -0.05) is 152 Å². The summed E-state index contributed by atoms with van der Waals surface area (Å²) >= 11 is 0. The maximum Gasteiger partial charge on any atom is 0.171 e. The van der Waals surface area contributed by atoms with E-state index in [0.29, 0.717) is 0 Å². The van der Waals surface area contributed by atoms with Crippen molar-refractivity contribution in [3.8, 4) is 44.5 Å².